The minimum absolute atomic E-state index is 0.683. The molecular weight excluding hydrogens is 468 g/mol. The van der Waals surface area contributed by atoms with E-state index in [9.17, 15) is 0 Å². The van der Waals surface area contributed by atoms with Crippen molar-refractivity contribution < 1.29 is 0 Å². The molecule has 0 amide bonds. The monoisotopic (exact) mass is 508 g/mol. The molecule has 0 bridgehead atoms. The second-order valence-electron chi connectivity index (χ2n) is 8.59. The van der Waals surface area contributed by atoms with Gasteiger partial charge in [0.15, 0.2) is 5.65 Å². The van der Waals surface area contributed by atoms with Gasteiger partial charge in [0, 0.05) is 47.7 Å². The molecule has 3 aromatic heterocycles. The van der Waals surface area contributed by atoms with Crippen LogP contribution in [0.5, 0.6) is 0 Å². The number of dihydropyridines is 1. The Morgan fingerprint density at radius 1 is 1.21 bits per heavy atom. The van der Waals surface area contributed by atoms with E-state index in [0.717, 1.165) is 75.5 Å². The first-order valence-electron chi connectivity index (χ1n) is 13.3. The summed E-state index contributed by atoms with van der Waals surface area (Å²) in [6, 6.07) is 4.31. The van der Waals surface area contributed by atoms with Gasteiger partial charge in [-0.3, -0.25) is 5.10 Å². The Morgan fingerprint density at radius 3 is 2.68 bits per heavy atom. The van der Waals surface area contributed by atoms with E-state index < -0.39 is 0 Å². The summed E-state index contributed by atoms with van der Waals surface area (Å²) in [5.74, 6) is 0. The van der Waals surface area contributed by atoms with E-state index in [1.165, 1.54) is 0 Å². The number of allylic oxidation sites excluding steroid dienone is 8. The molecule has 1 aliphatic rings. The van der Waals surface area contributed by atoms with Gasteiger partial charge < -0.3 is 15.6 Å². The molecule has 0 spiro atoms. The highest BCUT2D eigenvalue weighted by molar-refractivity contribution is 5.94. The molecule has 198 valence electrons. The molecule has 3 aromatic rings. The fraction of sp³-hybridized carbons (Fsp3) is 0.250. The van der Waals surface area contributed by atoms with Crippen LogP contribution in [-0.4, -0.2) is 39.8 Å². The summed E-state index contributed by atoms with van der Waals surface area (Å²) < 4.78 is 0. The lowest BCUT2D eigenvalue weighted by atomic mass is 9.96. The van der Waals surface area contributed by atoms with Crippen molar-refractivity contribution >= 4 is 22.2 Å². The van der Waals surface area contributed by atoms with Gasteiger partial charge in [-0.05, 0) is 54.8 Å². The standard InChI is InChI=1S/C30H34N6.C2H6/c1-6-11-25(23-12-10-13-32-18-23)26-16-28(34-20(26)5)29-27-15-24(19-33-30(27)36-35-29)22(8-3)14-21(7-2)17-31-9-4;1-2/h6-8,10-12,14-16,18-19,31-32,34H,1-2,9,13,17H2,3-5H3,(H,33,35,36);1-2H3/b21-14+,22-8+,25-11-;. The average Bonchev–Trinajstić information content (AvgIpc) is 3.56. The molecule has 0 aliphatic carbocycles. The normalized spacial score (nSPS) is 14.0. The lowest BCUT2D eigenvalue weighted by molar-refractivity contribution is 0.785. The Hall–Kier alpha value is -4.16. The van der Waals surface area contributed by atoms with Crippen LogP contribution >= 0.6 is 0 Å². The van der Waals surface area contributed by atoms with Gasteiger partial charge in [0.2, 0.25) is 0 Å². The zero-order chi connectivity index (χ0) is 27.5. The number of hydrogen-bond acceptors (Lipinski definition) is 4. The van der Waals surface area contributed by atoms with Crippen molar-refractivity contribution in [3.63, 3.8) is 0 Å². The maximum atomic E-state index is 4.64. The van der Waals surface area contributed by atoms with Crippen LogP contribution < -0.4 is 10.6 Å². The van der Waals surface area contributed by atoms with E-state index >= 15 is 0 Å². The Labute approximate surface area is 226 Å². The molecule has 0 unspecified atom stereocenters. The number of nitrogens with one attached hydrogen (secondary N) is 4. The molecule has 38 heavy (non-hydrogen) atoms. The lowest BCUT2D eigenvalue weighted by Crippen LogP contribution is -2.15. The van der Waals surface area contributed by atoms with Gasteiger partial charge in [-0.1, -0.05) is 76.5 Å². The van der Waals surface area contributed by atoms with Crippen molar-refractivity contribution in [1.82, 2.24) is 30.8 Å². The average molecular weight is 509 g/mol. The first-order valence-corrected chi connectivity index (χ1v) is 13.3. The number of likely N-dealkylation sites (N-methyl/N-ethyl adjacent to an activating group) is 1. The number of pyridine rings is 1. The summed E-state index contributed by atoms with van der Waals surface area (Å²) in [7, 11) is 0. The number of hydrogen-bond donors (Lipinski definition) is 4. The van der Waals surface area contributed by atoms with Gasteiger partial charge >= 0.3 is 0 Å². The molecule has 6 nitrogen and oxygen atoms in total. The molecule has 4 rings (SSSR count). The second-order valence-corrected chi connectivity index (χ2v) is 8.59. The molecule has 0 fully saturated rings. The molecule has 1 aliphatic heterocycles. The van der Waals surface area contributed by atoms with Gasteiger partial charge in [-0.15, -0.1) is 0 Å². The highest BCUT2D eigenvalue weighted by atomic mass is 15.2. The Balaban J connectivity index is 0.00000195. The summed E-state index contributed by atoms with van der Waals surface area (Å²) in [6.07, 6.45) is 18.2. The number of H-pyrrole nitrogens is 2. The zero-order valence-electron chi connectivity index (χ0n) is 23.3. The third-order valence-corrected chi connectivity index (χ3v) is 6.20. The van der Waals surface area contributed by atoms with E-state index in [0.29, 0.717) is 5.65 Å². The highest BCUT2D eigenvalue weighted by Crippen LogP contribution is 2.34. The molecule has 4 N–H and O–H groups in total. The van der Waals surface area contributed by atoms with E-state index in [-0.39, 0.29) is 0 Å². The molecular formula is C32H40N6. The molecule has 6 heteroatoms. The fourth-order valence-corrected chi connectivity index (χ4v) is 4.32. The second kappa shape index (κ2) is 14.0. The minimum Gasteiger partial charge on any atom is -0.387 e. The highest BCUT2D eigenvalue weighted by Gasteiger charge is 2.17. The van der Waals surface area contributed by atoms with Crippen molar-refractivity contribution in [1.29, 1.82) is 0 Å². The summed E-state index contributed by atoms with van der Waals surface area (Å²) in [5, 5.41) is 15.3. The topological polar surface area (TPSA) is 81.4 Å². The number of aryl methyl sites for hydroxylation is 1. The van der Waals surface area contributed by atoms with Gasteiger partial charge in [0.05, 0.1) is 11.4 Å². The van der Waals surface area contributed by atoms with E-state index in [1.807, 2.05) is 51.4 Å². The largest absolute Gasteiger partial charge is 0.387 e. The minimum atomic E-state index is 0.683. The van der Waals surface area contributed by atoms with Gasteiger partial charge in [-0.2, -0.15) is 5.10 Å². The van der Waals surface area contributed by atoms with Gasteiger partial charge in [0.25, 0.3) is 0 Å². The smallest absolute Gasteiger partial charge is 0.181 e. The van der Waals surface area contributed by atoms with Crippen LogP contribution in [0.15, 0.2) is 91.4 Å². The van der Waals surface area contributed by atoms with Crippen LogP contribution in [0, 0.1) is 6.92 Å². The first kappa shape index (κ1) is 28.4. The fourth-order valence-electron chi connectivity index (χ4n) is 4.32. The predicted molar refractivity (Wildman–Crippen MR) is 164 cm³/mol. The molecule has 4 heterocycles. The van der Waals surface area contributed by atoms with Crippen molar-refractivity contribution in [2.45, 2.75) is 34.6 Å². The van der Waals surface area contributed by atoms with Crippen molar-refractivity contribution in [2.75, 3.05) is 19.6 Å². The lowest BCUT2D eigenvalue weighted by Gasteiger charge is -2.12. The summed E-state index contributed by atoms with van der Waals surface area (Å²) >= 11 is 0. The predicted octanol–water partition coefficient (Wildman–Crippen LogP) is 7.03. The van der Waals surface area contributed by atoms with Crippen LogP contribution in [-0.2, 0) is 0 Å². The third-order valence-electron chi connectivity index (χ3n) is 6.20. The SMILES string of the molecule is C=C/C=C(/C1=CNCC=C1)c1cc(-c2[nH]nc3ncc(C(/C=C(\C=C)CNCC)=C/C)cc23)[nH]c1C.CC. The maximum absolute atomic E-state index is 4.64. The Morgan fingerprint density at radius 2 is 2.03 bits per heavy atom. The Bertz CT molecular complexity index is 1420. The first-order chi connectivity index (χ1) is 18.6. The number of nitrogens with zero attached hydrogens (tertiary/aromatic N) is 2. The van der Waals surface area contributed by atoms with Crippen molar-refractivity contribution in [2.24, 2.45) is 0 Å². The zero-order valence-corrected chi connectivity index (χ0v) is 23.3. The number of aromatic amines is 2. The van der Waals surface area contributed by atoms with Crippen molar-refractivity contribution in [3.8, 4) is 11.4 Å². The van der Waals surface area contributed by atoms with E-state index in [4.69, 9.17) is 0 Å². The molecule has 0 radical (unpaired) electrons. The van der Waals surface area contributed by atoms with Crippen LogP contribution in [0.1, 0.15) is 44.5 Å². The van der Waals surface area contributed by atoms with Crippen LogP contribution in [0.4, 0.5) is 0 Å². The summed E-state index contributed by atoms with van der Waals surface area (Å²) in [4.78, 5) is 8.19. The molecule has 0 saturated heterocycles. The van der Waals surface area contributed by atoms with E-state index in [2.05, 4.69) is 94.2 Å². The van der Waals surface area contributed by atoms with Gasteiger partial charge in [0.1, 0.15) is 0 Å². The summed E-state index contributed by atoms with van der Waals surface area (Å²) in [6.45, 7) is 20.6. The molecule has 0 saturated carbocycles. The van der Waals surface area contributed by atoms with E-state index in [1.54, 1.807) is 0 Å². The van der Waals surface area contributed by atoms with Gasteiger partial charge in [-0.25, -0.2) is 4.98 Å². The Kier molecular flexibility index (Phi) is 10.4. The number of aromatic nitrogens is 4. The third kappa shape index (κ3) is 6.39. The van der Waals surface area contributed by atoms with Crippen LogP contribution in [0.25, 0.3) is 33.6 Å². The van der Waals surface area contributed by atoms with Crippen LogP contribution in [0.2, 0.25) is 0 Å². The van der Waals surface area contributed by atoms with Crippen LogP contribution in [0.3, 0.4) is 0 Å². The quantitative estimate of drug-likeness (QED) is 0.222. The number of fused-ring (bicyclic) bond motifs is 1. The van der Waals surface area contributed by atoms with Crippen molar-refractivity contribution in [3.05, 3.63) is 108 Å². The summed E-state index contributed by atoms with van der Waals surface area (Å²) in [5.41, 5.74) is 10.2. The molecule has 0 atom stereocenters. The maximum Gasteiger partial charge on any atom is 0.181 e. The molecule has 0 aromatic carbocycles. The number of rotatable bonds is 10.